The van der Waals surface area contributed by atoms with Crippen LogP contribution in [0.5, 0.6) is 0 Å². The van der Waals surface area contributed by atoms with Gasteiger partial charge < -0.3 is 10.2 Å². The zero-order valence-corrected chi connectivity index (χ0v) is 13.0. The lowest BCUT2D eigenvalue weighted by Crippen LogP contribution is -2.35. The molecule has 0 unspecified atom stereocenters. The molecule has 2 rings (SSSR count). The van der Waals surface area contributed by atoms with Crippen LogP contribution in [0.3, 0.4) is 0 Å². The molecule has 0 aliphatic rings. The molecule has 0 spiro atoms. The SMILES string of the molecule is CCc1cccc(N(CC)C(=N)Nc2cccc(C)c2)c1. The summed E-state index contributed by atoms with van der Waals surface area (Å²) in [5, 5.41) is 11.5. The van der Waals surface area contributed by atoms with Crippen LogP contribution in [0.2, 0.25) is 0 Å². The smallest absolute Gasteiger partial charge is 0.200 e. The minimum Gasteiger partial charge on any atom is -0.326 e. The molecule has 110 valence electrons. The van der Waals surface area contributed by atoms with Gasteiger partial charge in [-0.1, -0.05) is 31.2 Å². The zero-order valence-electron chi connectivity index (χ0n) is 13.0. The normalized spacial score (nSPS) is 10.2. The zero-order chi connectivity index (χ0) is 15.2. The quantitative estimate of drug-likeness (QED) is 0.643. The lowest BCUT2D eigenvalue weighted by Gasteiger charge is -2.25. The van der Waals surface area contributed by atoms with Gasteiger partial charge in [-0.05, 0) is 55.7 Å². The van der Waals surface area contributed by atoms with Crippen LogP contribution in [0.25, 0.3) is 0 Å². The van der Waals surface area contributed by atoms with Crippen LogP contribution in [0.15, 0.2) is 48.5 Å². The maximum absolute atomic E-state index is 8.33. The molecule has 0 amide bonds. The summed E-state index contributed by atoms with van der Waals surface area (Å²) in [4.78, 5) is 1.97. The molecule has 0 aliphatic carbocycles. The molecule has 0 aliphatic heterocycles. The number of nitrogens with zero attached hydrogens (tertiary/aromatic N) is 1. The number of rotatable bonds is 4. The molecule has 21 heavy (non-hydrogen) atoms. The first kappa shape index (κ1) is 15.1. The molecular formula is C18H23N3. The van der Waals surface area contributed by atoms with Gasteiger partial charge in [-0.3, -0.25) is 5.41 Å². The molecule has 0 heterocycles. The summed E-state index contributed by atoms with van der Waals surface area (Å²) < 4.78 is 0. The van der Waals surface area contributed by atoms with Crippen LogP contribution in [0.1, 0.15) is 25.0 Å². The van der Waals surface area contributed by atoms with E-state index in [4.69, 9.17) is 5.41 Å². The van der Waals surface area contributed by atoms with E-state index >= 15 is 0 Å². The highest BCUT2D eigenvalue weighted by Gasteiger charge is 2.10. The van der Waals surface area contributed by atoms with Gasteiger partial charge in [0, 0.05) is 17.9 Å². The number of hydrogen-bond donors (Lipinski definition) is 2. The fraction of sp³-hybridized carbons (Fsp3) is 0.278. The summed E-state index contributed by atoms with van der Waals surface area (Å²) in [6.07, 6.45) is 1.00. The van der Waals surface area contributed by atoms with E-state index in [1.165, 1.54) is 11.1 Å². The van der Waals surface area contributed by atoms with Crippen molar-refractivity contribution in [3.05, 3.63) is 59.7 Å². The van der Waals surface area contributed by atoms with Crippen molar-refractivity contribution >= 4 is 17.3 Å². The van der Waals surface area contributed by atoms with E-state index in [0.29, 0.717) is 5.96 Å². The summed E-state index contributed by atoms with van der Waals surface area (Å²) in [7, 11) is 0. The van der Waals surface area contributed by atoms with Gasteiger partial charge in [0.15, 0.2) is 5.96 Å². The van der Waals surface area contributed by atoms with E-state index in [1.807, 2.05) is 23.1 Å². The van der Waals surface area contributed by atoms with Crippen molar-refractivity contribution in [1.82, 2.24) is 0 Å². The number of guanidine groups is 1. The second kappa shape index (κ2) is 6.93. The highest BCUT2D eigenvalue weighted by Crippen LogP contribution is 2.18. The summed E-state index contributed by atoms with van der Waals surface area (Å²) in [6, 6.07) is 16.5. The molecule has 0 saturated carbocycles. The molecule has 0 bridgehead atoms. The average Bonchev–Trinajstić information content (AvgIpc) is 2.48. The Kier molecular flexibility index (Phi) is 4.99. The van der Waals surface area contributed by atoms with Gasteiger partial charge in [0.2, 0.25) is 0 Å². The van der Waals surface area contributed by atoms with Crippen molar-refractivity contribution in [1.29, 1.82) is 5.41 Å². The highest BCUT2D eigenvalue weighted by molar-refractivity contribution is 6.03. The van der Waals surface area contributed by atoms with E-state index in [2.05, 4.69) is 56.4 Å². The van der Waals surface area contributed by atoms with Crippen molar-refractivity contribution in [2.75, 3.05) is 16.8 Å². The van der Waals surface area contributed by atoms with Crippen LogP contribution in [0, 0.1) is 12.3 Å². The lowest BCUT2D eigenvalue weighted by molar-refractivity contribution is 1.03. The van der Waals surface area contributed by atoms with Crippen molar-refractivity contribution < 1.29 is 0 Å². The Morgan fingerprint density at radius 3 is 2.52 bits per heavy atom. The maximum Gasteiger partial charge on any atom is 0.200 e. The molecule has 0 radical (unpaired) electrons. The average molecular weight is 281 g/mol. The van der Waals surface area contributed by atoms with E-state index in [1.54, 1.807) is 0 Å². The Hall–Kier alpha value is -2.29. The molecule has 0 atom stereocenters. The standard InChI is InChI=1S/C18H23N3/c1-4-15-9-7-11-17(13-15)21(5-2)18(19)20-16-10-6-8-14(3)12-16/h6-13H,4-5H2,1-3H3,(H2,19,20). The van der Waals surface area contributed by atoms with E-state index < -0.39 is 0 Å². The predicted octanol–water partition coefficient (Wildman–Crippen LogP) is 4.43. The molecule has 3 heteroatoms. The van der Waals surface area contributed by atoms with Gasteiger partial charge in [-0.25, -0.2) is 0 Å². The third-order valence-corrected chi connectivity index (χ3v) is 3.50. The third-order valence-electron chi connectivity index (χ3n) is 3.50. The van der Waals surface area contributed by atoms with Crippen LogP contribution < -0.4 is 10.2 Å². The third kappa shape index (κ3) is 3.85. The first-order chi connectivity index (χ1) is 10.1. The Bertz CT molecular complexity index is 619. The van der Waals surface area contributed by atoms with Crippen LogP contribution in [-0.4, -0.2) is 12.5 Å². The largest absolute Gasteiger partial charge is 0.326 e. The molecule has 3 nitrogen and oxygen atoms in total. The van der Waals surface area contributed by atoms with Crippen LogP contribution in [0.4, 0.5) is 11.4 Å². The first-order valence-corrected chi connectivity index (χ1v) is 7.42. The Labute approximate surface area is 127 Å². The summed E-state index contributed by atoms with van der Waals surface area (Å²) in [5.74, 6) is 0.399. The van der Waals surface area contributed by atoms with Crippen molar-refractivity contribution in [2.24, 2.45) is 0 Å². The molecule has 0 saturated heterocycles. The fourth-order valence-corrected chi connectivity index (χ4v) is 2.34. The van der Waals surface area contributed by atoms with Gasteiger partial charge in [-0.2, -0.15) is 0 Å². The van der Waals surface area contributed by atoms with Gasteiger partial charge in [-0.15, -0.1) is 0 Å². The second-order valence-electron chi connectivity index (χ2n) is 5.11. The molecule has 2 aromatic rings. The maximum atomic E-state index is 8.33. The van der Waals surface area contributed by atoms with E-state index in [0.717, 1.165) is 24.3 Å². The summed E-state index contributed by atoms with van der Waals surface area (Å²) in [6.45, 7) is 7.01. The van der Waals surface area contributed by atoms with Gasteiger partial charge in [0.25, 0.3) is 0 Å². The molecule has 0 fully saturated rings. The van der Waals surface area contributed by atoms with Gasteiger partial charge in [0.1, 0.15) is 0 Å². The minimum absolute atomic E-state index is 0.399. The van der Waals surface area contributed by atoms with E-state index in [-0.39, 0.29) is 0 Å². The van der Waals surface area contributed by atoms with Crippen molar-refractivity contribution in [3.8, 4) is 0 Å². The number of anilines is 2. The minimum atomic E-state index is 0.399. The number of benzene rings is 2. The molecular weight excluding hydrogens is 258 g/mol. The highest BCUT2D eigenvalue weighted by atomic mass is 15.3. The molecule has 2 N–H and O–H groups in total. The lowest BCUT2D eigenvalue weighted by atomic mass is 10.1. The van der Waals surface area contributed by atoms with Gasteiger partial charge >= 0.3 is 0 Å². The summed E-state index contributed by atoms with van der Waals surface area (Å²) in [5.41, 5.74) is 4.48. The number of aryl methyl sites for hydroxylation is 2. The predicted molar refractivity (Wildman–Crippen MR) is 91.4 cm³/mol. The van der Waals surface area contributed by atoms with Crippen molar-refractivity contribution in [3.63, 3.8) is 0 Å². The molecule has 2 aromatic carbocycles. The van der Waals surface area contributed by atoms with Crippen LogP contribution >= 0.6 is 0 Å². The van der Waals surface area contributed by atoms with E-state index in [9.17, 15) is 0 Å². The number of hydrogen-bond acceptors (Lipinski definition) is 1. The fourth-order valence-electron chi connectivity index (χ4n) is 2.34. The Morgan fingerprint density at radius 1 is 1.10 bits per heavy atom. The Balaban J connectivity index is 2.18. The van der Waals surface area contributed by atoms with Crippen LogP contribution in [-0.2, 0) is 6.42 Å². The summed E-state index contributed by atoms with van der Waals surface area (Å²) >= 11 is 0. The molecule has 0 aromatic heterocycles. The van der Waals surface area contributed by atoms with Gasteiger partial charge in [0.05, 0.1) is 0 Å². The second-order valence-corrected chi connectivity index (χ2v) is 5.11. The number of nitrogens with one attached hydrogen (secondary N) is 2. The monoisotopic (exact) mass is 281 g/mol. The first-order valence-electron chi connectivity index (χ1n) is 7.42. The topological polar surface area (TPSA) is 39.1 Å². The Morgan fingerprint density at radius 2 is 1.86 bits per heavy atom. The van der Waals surface area contributed by atoms with Crippen molar-refractivity contribution in [2.45, 2.75) is 27.2 Å².